The minimum absolute atomic E-state index is 0.139. The minimum atomic E-state index is -1.07. The molecule has 3 N–H and O–H groups in total. The molecule has 0 spiro atoms. The maximum absolute atomic E-state index is 11.7. The number of carbonyl (C=O) groups excluding carboxylic acids is 1. The highest BCUT2D eigenvalue weighted by Gasteiger charge is 2.24. The number of thiazole rings is 1. The second-order valence-electron chi connectivity index (χ2n) is 4.37. The number of hydrogen-bond donors (Lipinski definition) is 3. The molecule has 0 aliphatic carbocycles. The number of aryl methyl sites for hydroxylation is 1. The van der Waals surface area contributed by atoms with Crippen molar-refractivity contribution in [3.8, 4) is 0 Å². The maximum atomic E-state index is 11.7. The van der Waals surface area contributed by atoms with Gasteiger partial charge in [-0.2, -0.15) is 11.3 Å². The van der Waals surface area contributed by atoms with E-state index in [2.05, 4.69) is 15.6 Å². The smallest absolute Gasteiger partial charge is 0.321 e. The first-order valence-corrected chi connectivity index (χ1v) is 7.45. The second-order valence-corrected chi connectivity index (χ2v) is 6.38. The Morgan fingerprint density at radius 2 is 2.37 bits per heavy atom. The molecule has 2 rings (SSSR count). The van der Waals surface area contributed by atoms with Gasteiger partial charge in [0.05, 0.1) is 6.54 Å². The quantitative estimate of drug-likeness (QED) is 0.812. The highest BCUT2D eigenvalue weighted by Crippen LogP contribution is 2.22. The molecular formula is C12H15N3O2S2. The number of carbonyl (C=O) groups is 1. The molecule has 19 heavy (non-hydrogen) atoms. The van der Waals surface area contributed by atoms with Gasteiger partial charge < -0.3 is 10.4 Å². The van der Waals surface area contributed by atoms with Crippen LogP contribution in [0.3, 0.4) is 0 Å². The van der Waals surface area contributed by atoms with E-state index < -0.39 is 5.60 Å². The highest BCUT2D eigenvalue weighted by molar-refractivity contribution is 7.15. The third-order valence-corrected chi connectivity index (χ3v) is 4.09. The monoisotopic (exact) mass is 297 g/mol. The lowest BCUT2D eigenvalue weighted by molar-refractivity contribution is 0.0604. The Balaban J connectivity index is 1.87. The molecule has 1 atom stereocenters. The fourth-order valence-electron chi connectivity index (χ4n) is 1.48. The maximum Gasteiger partial charge on any atom is 0.321 e. The van der Waals surface area contributed by atoms with Crippen molar-refractivity contribution >= 4 is 33.8 Å². The Morgan fingerprint density at radius 3 is 2.95 bits per heavy atom. The van der Waals surface area contributed by atoms with E-state index in [1.165, 1.54) is 22.7 Å². The molecule has 0 fully saturated rings. The zero-order valence-electron chi connectivity index (χ0n) is 10.6. The Kier molecular flexibility index (Phi) is 4.18. The molecule has 2 amide bonds. The first kappa shape index (κ1) is 14.0. The van der Waals surface area contributed by atoms with Crippen LogP contribution in [0.15, 0.2) is 23.0 Å². The van der Waals surface area contributed by atoms with Crippen LogP contribution in [0.5, 0.6) is 0 Å². The molecule has 2 heterocycles. The number of aliphatic hydroxyl groups is 1. The number of amides is 2. The van der Waals surface area contributed by atoms with Gasteiger partial charge in [0, 0.05) is 11.1 Å². The topological polar surface area (TPSA) is 74.2 Å². The van der Waals surface area contributed by atoms with Crippen molar-refractivity contribution in [2.45, 2.75) is 19.4 Å². The summed E-state index contributed by atoms with van der Waals surface area (Å²) < 4.78 is 0. The number of nitrogens with zero attached hydrogens (tertiary/aromatic N) is 1. The molecule has 102 valence electrons. The largest absolute Gasteiger partial charge is 0.384 e. The van der Waals surface area contributed by atoms with E-state index >= 15 is 0 Å². The highest BCUT2D eigenvalue weighted by atomic mass is 32.1. The molecule has 0 aliphatic rings. The van der Waals surface area contributed by atoms with E-state index in [9.17, 15) is 9.90 Å². The lowest BCUT2D eigenvalue weighted by Gasteiger charge is -2.22. The molecule has 2 aromatic rings. The van der Waals surface area contributed by atoms with Crippen molar-refractivity contribution in [1.29, 1.82) is 0 Å². The van der Waals surface area contributed by atoms with E-state index in [1.807, 2.05) is 23.8 Å². The molecule has 0 bridgehead atoms. The number of hydrogen-bond acceptors (Lipinski definition) is 5. The molecule has 0 saturated heterocycles. The molecule has 0 aromatic carbocycles. The van der Waals surface area contributed by atoms with Gasteiger partial charge in [0.25, 0.3) is 0 Å². The Hall–Kier alpha value is -1.44. The predicted octanol–water partition coefficient (Wildman–Crippen LogP) is 2.54. The number of thiophene rings is 1. The number of urea groups is 1. The average molecular weight is 297 g/mol. The van der Waals surface area contributed by atoms with Crippen molar-refractivity contribution in [1.82, 2.24) is 10.3 Å². The van der Waals surface area contributed by atoms with Crippen LogP contribution in [0.1, 0.15) is 17.4 Å². The van der Waals surface area contributed by atoms with Crippen LogP contribution in [0.25, 0.3) is 0 Å². The van der Waals surface area contributed by atoms with Crippen LogP contribution in [0.2, 0.25) is 0 Å². The van der Waals surface area contributed by atoms with Gasteiger partial charge in [-0.25, -0.2) is 9.78 Å². The van der Waals surface area contributed by atoms with Crippen molar-refractivity contribution < 1.29 is 9.90 Å². The van der Waals surface area contributed by atoms with Gasteiger partial charge in [0.2, 0.25) is 0 Å². The standard InChI is InChI=1S/C12H15N3O2S2/c1-8-5-13-11(19-8)15-10(16)14-7-12(2,17)9-3-4-18-6-9/h3-6,17H,7H2,1-2H3,(H2,13,14,15,16). The third kappa shape index (κ3) is 3.76. The van der Waals surface area contributed by atoms with Gasteiger partial charge in [-0.15, -0.1) is 11.3 Å². The zero-order valence-corrected chi connectivity index (χ0v) is 12.3. The predicted molar refractivity (Wildman–Crippen MR) is 77.8 cm³/mol. The van der Waals surface area contributed by atoms with Crippen molar-refractivity contribution in [2.24, 2.45) is 0 Å². The van der Waals surface area contributed by atoms with Gasteiger partial charge in [-0.3, -0.25) is 5.32 Å². The van der Waals surface area contributed by atoms with Crippen molar-refractivity contribution in [3.63, 3.8) is 0 Å². The number of nitrogens with one attached hydrogen (secondary N) is 2. The van der Waals surface area contributed by atoms with E-state index in [-0.39, 0.29) is 12.6 Å². The lowest BCUT2D eigenvalue weighted by Crippen LogP contribution is -2.40. The molecular weight excluding hydrogens is 282 g/mol. The molecule has 0 aliphatic heterocycles. The summed E-state index contributed by atoms with van der Waals surface area (Å²) in [7, 11) is 0. The summed E-state index contributed by atoms with van der Waals surface area (Å²) >= 11 is 2.91. The van der Waals surface area contributed by atoms with Crippen LogP contribution < -0.4 is 10.6 Å². The van der Waals surface area contributed by atoms with Gasteiger partial charge in [-0.1, -0.05) is 0 Å². The van der Waals surface area contributed by atoms with Gasteiger partial charge in [-0.05, 0) is 36.2 Å². The summed E-state index contributed by atoms with van der Waals surface area (Å²) in [6.07, 6.45) is 1.70. The number of anilines is 1. The number of rotatable bonds is 4. The first-order chi connectivity index (χ1) is 8.97. The summed E-state index contributed by atoms with van der Waals surface area (Å²) in [6.45, 7) is 3.73. The lowest BCUT2D eigenvalue weighted by atomic mass is 9.99. The van der Waals surface area contributed by atoms with Gasteiger partial charge in [0.15, 0.2) is 5.13 Å². The van der Waals surface area contributed by atoms with E-state index in [0.717, 1.165) is 10.4 Å². The zero-order chi connectivity index (χ0) is 13.9. The summed E-state index contributed by atoms with van der Waals surface area (Å²) in [5.74, 6) is 0. The summed E-state index contributed by atoms with van der Waals surface area (Å²) in [5.41, 5.74) is -0.279. The number of aromatic nitrogens is 1. The molecule has 7 heteroatoms. The van der Waals surface area contributed by atoms with Crippen LogP contribution >= 0.6 is 22.7 Å². The van der Waals surface area contributed by atoms with E-state index in [0.29, 0.717) is 5.13 Å². The molecule has 2 aromatic heterocycles. The Labute approximate surface area is 119 Å². The second kappa shape index (κ2) is 5.68. The van der Waals surface area contributed by atoms with E-state index in [1.54, 1.807) is 13.1 Å². The van der Waals surface area contributed by atoms with Crippen LogP contribution in [-0.4, -0.2) is 22.7 Å². The summed E-state index contributed by atoms with van der Waals surface area (Å²) in [6, 6.07) is 1.47. The molecule has 0 saturated carbocycles. The molecule has 5 nitrogen and oxygen atoms in total. The van der Waals surface area contributed by atoms with Crippen LogP contribution in [0, 0.1) is 6.92 Å². The van der Waals surface area contributed by atoms with Crippen molar-refractivity contribution in [2.75, 3.05) is 11.9 Å². The molecule has 1 unspecified atom stereocenters. The summed E-state index contributed by atoms with van der Waals surface area (Å²) in [4.78, 5) is 16.7. The van der Waals surface area contributed by atoms with Gasteiger partial charge in [0.1, 0.15) is 5.60 Å². The normalized spacial score (nSPS) is 13.8. The third-order valence-electron chi connectivity index (χ3n) is 2.58. The Morgan fingerprint density at radius 1 is 1.58 bits per heavy atom. The summed E-state index contributed by atoms with van der Waals surface area (Å²) in [5, 5.41) is 19.8. The molecule has 0 radical (unpaired) electrons. The van der Waals surface area contributed by atoms with E-state index in [4.69, 9.17) is 0 Å². The fraction of sp³-hybridized carbons (Fsp3) is 0.333. The first-order valence-electron chi connectivity index (χ1n) is 5.70. The minimum Gasteiger partial charge on any atom is -0.384 e. The Bertz CT molecular complexity index is 549. The SMILES string of the molecule is Cc1cnc(NC(=O)NCC(C)(O)c2ccsc2)s1. The average Bonchev–Trinajstić information content (AvgIpc) is 2.98. The fourth-order valence-corrected chi connectivity index (χ4v) is 2.92. The van der Waals surface area contributed by atoms with Crippen molar-refractivity contribution in [3.05, 3.63) is 33.5 Å². The van der Waals surface area contributed by atoms with Crippen LogP contribution in [-0.2, 0) is 5.60 Å². The van der Waals surface area contributed by atoms with Gasteiger partial charge >= 0.3 is 6.03 Å². The van der Waals surface area contributed by atoms with Crippen LogP contribution in [0.4, 0.5) is 9.93 Å².